The van der Waals surface area contributed by atoms with E-state index < -0.39 is 0 Å². The number of nitrogens with zero attached hydrogens (tertiary/aromatic N) is 1. The molecule has 2 heterocycles. The standard InChI is InChI=1S/C12H18ClN3/c1-9-11(4-5-12(13)16-9)15-8-10-3-2-6-14-7-10/h4-5,10,14-15H,2-3,6-8H2,1H3. The van der Waals surface area contributed by atoms with Gasteiger partial charge in [0, 0.05) is 6.54 Å². The molecule has 0 aliphatic carbocycles. The third kappa shape index (κ3) is 3.09. The van der Waals surface area contributed by atoms with Crippen LogP contribution in [0, 0.1) is 12.8 Å². The molecule has 0 aromatic carbocycles. The number of hydrogen-bond acceptors (Lipinski definition) is 3. The van der Waals surface area contributed by atoms with Crippen LogP contribution in [0.2, 0.25) is 5.15 Å². The third-order valence-electron chi connectivity index (χ3n) is 3.03. The quantitative estimate of drug-likeness (QED) is 0.796. The fraction of sp³-hybridized carbons (Fsp3) is 0.583. The number of aromatic nitrogens is 1. The zero-order valence-corrected chi connectivity index (χ0v) is 10.3. The van der Waals surface area contributed by atoms with Crippen molar-refractivity contribution < 1.29 is 0 Å². The number of hydrogen-bond donors (Lipinski definition) is 2. The first kappa shape index (κ1) is 11.7. The maximum Gasteiger partial charge on any atom is 0.129 e. The predicted molar refractivity (Wildman–Crippen MR) is 68.1 cm³/mol. The molecule has 4 heteroatoms. The van der Waals surface area contributed by atoms with Gasteiger partial charge in [-0.1, -0.05) is 11.6 Å². The highest BCUT2D eigenvalue weighted by Crippen LogP contribution is 2.17. The van der Waals surface area contributed by atoms with Crippen molar-refractivity contribution in [2.45, 2.75) is 19.8 Å². The summed E-state index contributed by atoms with van der Waals surface area (Å²) < 4.78 is 0. The first-order valence-corrected chi connectivity index (χ1v) is 6.21. The molecule has 1 saturated heterocycles. The smallest absolute Gasteiger partial charge is 0.129 e. The van der Waals surface area contributed by atoms with Crippen molar-refractivity contribution in [1.29, 1.82) is 0 Å². The molecule has 0 radical (unpaired) electrons. The van der Waals surface area contributed by atoms with Crippen LogP contribution in [0.1, 0.15) is 18.5 Å². The Morgan fingerprint density at radius 3 is 3.12 bits per heavy atom. The van der Waals surface area contributed by atoms with Crippen LogP contribution in [0.3, 0.4) is 0 Å². The lowest BCUT2D eigenvalue weighted by Crippen LogP contribution is -2.33. The summed E-state index contributed by atoms with van der Waals surface area (Å²) in [4.78, 5) is 4.22. The average Bonchev–Trinajstić information content (AvgIpc) is 2.29. The Morgan fingerprint density at radius 1 is 1.56 bits per heavy atom. The number of nitrogens with one attached hydrogen (secondary N) is 2. The number of anilines is 1. The molecule has 0 saturated carbocycles. The third-order valence-corrected chi connectivity index (χ3v) is 3.24. The van der Waals surface area contributed by atoms with Gasteiger partial charge in [-0.15, -0.1) is 0 Å². The Labute approximate surface area is 102 Å². The molecule has 1 atom stereocenters. The fourth-order valence-electron chi connectivity index (χ4n) is 2.07. The van der Waals surface area contributed by atoms with Crippen LogP contribution in [-0.4, -0.2) is 24.6 Å². The first-order chi connectivity index (χ1) is 7.75. The van der Waals surface area contributed by atoms with Gasteiger partial charge in [-0.25, -0.2) is 4.98 Å². The predicted octanol–water partition coefficient (Wildman–Crippen LogP) is 2.45. The second kappa shape index (κ2) is 5.51. The van der Waals surface area contributed by atoms with Crippen LogP contribution in [0.4, 0.5) is 5.69 Å². The second-order valence-corrected chi connectivity index (χ2v) is 4.75. The molecular weight excluding hydrogens is 222 g/mol. The van der Waals surface area contributed by atoms with Gasteiger partial charge in [0.05, 0.1) is 11.4 Å². The Morgan fingerprint density at radius 2 is 2.44 bits per heavy atom. The molecule has 1 unspecified atom stereocenters. The van der Waals surface area contributed by atoms with E-state index in [2.05, 4.69) is 15.6 Å². The zero-order chi connectivity index (χ0) is 11.4. The minimum Gasteiger partial charge on any atom is -0.383 e. The van der Waals surface area contributed by atoms with Crippen molar-refractivity contribution in [3.63, 3.8) is 0 Å². The van der Waals surface area contributed by atoms with Gasteiger partial charge in [0.2, 0.25) is 0 Å². The second-order valence-electron chi connectivity index (χ2n) is 4.36. The van der Waals surface area contributed by atoms with Crippen LogP contribution in [-0.2, 0) is 0 Å². The van der Waals surface area contributed by atoms with Crippen LogP contribution >= 0.6 is 11.6 Å². The lowest BCUT2D eigenvalue weighted by Gasteiger charge is -2.23. The van der Waals surface area contributed by atoms with Gasteiger partial charge in [-0.3, -0.25) is 0 Å². The van der Waals surface area contributed by atoms with Gasteiger partial charge in [0.1, 0.15) is 5.15 Å². The maximum absolute atomic E-state index is 5.82. The highest BCUT2D eigenvalue weighted by atomic mass is 35.5. The van der Waals surface area contributed by atoms with Gasteiger partial charge in [-0.05, 0) is 50.9 Å². The number of piperidine rings is 1. The van der Waals surface area contributed by atoms with Gasteiger partial charge in [0.25, 0.3) is 0 Å². The van der Waals surface area contributed by atoms with Crippen molar-refractivity contribution in [3.8, 4) is 0 Å². The summed E-state index contributed by atoms with van der Waals surface area (Å²) in [6, 6.07) is 3.83. The van der Waals surface area contributed by atoms with Crippen LogP contribution in [0.5, 0.6) is 0 Å². The van der Waals surface area contributed by atoms with E-state index in [0.29, 0.717) is 5.15 Å². The minimum absolute atomic E-state index is 0.558. The van der Waals surface area contributed by atoms with E-state index in [1.807, 2.05) is 19.1 Å². The number of halogens is 1. The molecule has 1 aromatic rings. The van der Waals surface area contributed by atoms with Crippen molar-refractivity contribution in [2.75, 3.05) is 25.0 Å². The molecule has 1 aliphatic rings. The highest BCUT2D eigenvalue weighted by Gasteiger charge is 2.12. The normalized spacial score (nSPS) is 20.8. The van der Waals surface area contributed by atoms with E-state index in [-0.39, 0.29) is 0 Å². The molecule has 1 aromatic heterocycles. The van der Waals surface area contributed by atoms with Crippen molar-refractivity contribution in [3.05, 3.63) is 23.0 Å². The SMILES string of the molecule is Cc1nc(Cl)ccc1NCC1CCCNC1. The van der Waals surface area contributed by atoms with Crippen molar-refractivity contribution in [1.82, 2.24) is 10.3 Å². The molecular formula is C12H18ClN3. The van der Waals surface area contributed by atoms with Crippen molar-refractivity contribution in [2.24, 2.45) is 5.92 Å². The van der Waals surface area contributed by atoms with E-state index in [1.54, 1.807) is 0 Å². The molecule has 2 rings (SSSR count). The lowest BCUT2D eigenvalue weighted by molar-refractivity contribution is 0.393. The molecule has 2 N–H and O–H groups in total. The topological polar surface area (TPSA) is 37.0 Å². The number of aryl methyl sites for hydroxylation is 1. The van der Waals surface area contributed by atoms with Crippen molar-refractivity contribution >= 4 is 17.3 Å². The molecule has 1 fully saturated rings. The summed E-state index contributed by atoms with van der Waals surface area (Å²) in [5.41, 5.74) is 2.06. The van der Waals surface area contributed by atoms with E-state index in [0.717, 1.165) is 36.9 Å². The summed E-state index contributed by atoms with van der Waals surface area (Å²) in [6.07, 6.45) is 2.59. The van der Waals surface area contributed by atoms with Gasteiger partial charge >= 0.3 is 0 Å². The van der Waals surface area contributed by atoms with E-state index in [1.165, 1.54) is 12.8 Å². The molecule has 0 amide bonds. The zero-order valence-electron chi connectivity index (χ0n) is 9.59. The monoisotopic (exact) mass is 239 g/mol. The van der Waals surface area contributed by atoms with Gasteiger partial charge in [-0.2, -0.15) is 0 Å². The molecule has 3 nitrogen and oxygen atoms in total. The van der Waals surface area contributed by atoms with E-state index in [9.17, 15) is 0 Å². The first-order valence-electron chi connectivity index (χ1n) is 5.83. The number of pyridine rings is 1. The average molecular weight is 240 g/mol. The summed E-state index contributed by atoms with van der Waals surface area (Å²) in [7, 11) is 0. The van der Waals surface area contributed by atoms with Crippen LogP contribution < -0.4 is 10.6 Å². The molecule has 16 heavy (non-hydrogen) atoms. The molecule has 0 spiro atoms. The summed E-state index contributed by atoms with van der Waals surface area (Å²) in [6.45, 7) is 5.27. The molecule has 0 bridgehead atoms. The van der Waals surface area contributed by atoms with Gasteiger partial charge < -0.3 is 10.6 Å². The lowest BCUT2D eigenvalue weighted by atomic mass is 10.00. The highest BCUT2D eigenvalue weighted by molar-refractivity contribution is 6.29. The maximum atomic E-state index is 5.82. The van der Waals surface area contributed by atoms with E-state index in [4.69, 9.17) is 11.6 Å². The van der Waals surface area contributed by atoms with Crippen LogP contribution in [0.25, 0.3) is 0 Å². The Hall–Kier alpha value is -0.800. The van der Waals surface area contributed by atoms with Crippen LogP contribution in [0.15, 0.2) is 12.1 Å². The largest absolute Gasteiger partial charge is 0.383 e. The molecule has 1 aliphatic heterocycles. The van der Waals surface area contributed by atoms with E-state index >= 15 is 0 Å². The summed E-state index contributed by atoms with van der Waals surface area (Å²) in [5.74, 6) is 0.726. The Kier molecular flexibility index (Phi) is 4.02. The Balaban J connectivity index is 1.88. The summed E-state index contributed by atoms with van der Waals surface area (Å²) in [5, 5.41) is 7.42. The fourth-order valence-corrected chi connectivity index (χ4v) is 2.26. The molecule has 88 valence electrons. The summed E-state index contributed by atoms with van der Waals surface area (Å²) >= 11 is 5.82. The Bertz CT molecular complexity index is 348. The number of rotatable bonds is 3. The minimum atomic E-state index is 0.558. The van der Waals surface area contributed by atoms with Gasteiger partial charge in [0.15, 0.2) is 0 Å².